The zero-order valence-electron chi connectivity index (χ0n) is 12.7. The van der Waals surface area contributed by atoms with Crippen molar-refractivity contribution in [1.82, 2.24) is 9.97 Å². The molecule has 2 aromatic rings. The number of hydrogen-bond acceptors (Lipinski definition) is 3. The highest BCUT2D eigenvalue weighted by molar-refractivity contribution is 14.1. The number of halogens is 1. The van der Waals surface area contributed by atoms with Crippen molar-refractivity contribution in [2.75, 3.05) is 7.11 Å². The molecule has 0 saturated carbocycles. The van der Waals surface area contributed by atoms with Crippen LogP contribution >= 0.6 is 22.6 Å². The first-order valence-corrected chi connectivity index (χ1v) is 7.80. The zero-order valence-corrected chi connectivity index (χ0v) is 14.8. The molecule has 4 nitrogen and oxygen atoms in total. The van der Waals surface area contributed by atoms with Crippen LogP contribution < -0.4 is 5.56 Å². The van der Waals surface area contributed by atoms with Gasteiger partial charge < -0.3 is 9.72 Å². The molecule has 1 aromatic carbocycles. The van der Waals surface area contributed by atoms with Gasteiger partial charge in [-0.2, -0.15) is 0 Å². The van der Waals surface area contributed by atoms with Crippen LogP contribution in [0.3, 0.4) is 0 Å². The zero-order chi connectivity index (χ0) is 15.6. The van der Waals surface area contributed by atoms with Gasteiger partial charge in [0.25, 0.3) is 5.56 Å². The van der Waals surface area contributed by atoms with Crippen LogP contribution in [-0.2, 0) is 16.8 Å². The minimum atomic E-state index is -0.185. The largest absolute Gasteiger partial charge is 0.380 e. The van der Waals surface area contributed by atoms with Crippen LogP contribution in [0.5, 0.6) is 0 Å². The fourth-order valence-electron chi connectivity index (χ4n) is 2.12. The van der Waals surface area contributed by atoms with Crippen molar-refractivity contribution in [3.63, 3.8) is 0 Å². The van der Waals surface area contributed by atoms with E-state index in [0.717, 1.165) is 16.8 Å². The predicted molar refractivity (Wildman–Crippen MR) is 92.4 cm³/mol. The van der Waals surface area contributed by atoms with E-state index in [1.807, 2.05) is 24.3 Å². The number of ether oxygens (including phenoxy) is 1. The number of aromatic amines is 1. The summed E-state index contributed by atoms with van der Waals surface area (Å²) in [6, 6.07) is 7.82. The van der Waals surface area contributed by atoms with Crippen LogP contribution in [0.25, 0.3) is 11.4 Å². The van der Waals surface area contributed by atoms with E-state index in [1.54, 1.807) is 7.11 Å². The molecule has 0 aliphatic rings. The van der Waals surface area contributed by atoms with Crippen molar-refractivity contribution >= 4 is 22.6 Å². The first-order valence-electron chi connectivity index (χ1n) is 6.72. The molecular weight excluding hydrogens is 379 g/mol. The van der Waals surface area contributed by atoms with E-state index in [-0.39, 0.29) is 11.0 Å². The number of hydrogen-bond donors (Lipinski definition) is 1. The van der Waals surface area contributed by atoms with Gasteiger partial charge in [-0.25, -0.2) is 4.98 Å². The van der Waals surface area contributed by atoms with Crippen molar-refractivity contribution in [3.05, 3.63) is 49.4 Å². The number of nitrogens with one attached hydrogen (secondary N) is 1. The minimum Gasteiger partial charge on any atom is -0.380 e. The summed E-state index contributed by atoms with van der Waals surface area (Å²) in [5.41, 5.74) is 2.44. The Labute approximate surface area is 138 Å². The first-order chi connectivity index (χ1) is 9.84. The molecule has 0 atom stereocenters. The van der Waals surface area contributed by atoms with Crippen molar-refractivity contribution in [3.8, 4) is 11.4 Å². The lowest BCUT2D eigenvalue weighted by Crippen LogP contribution is -2.24. The van der Waals surface area contributed by atoms with E-state index in [4.69, 9.17) is 9.72 Å². The fourth-order valence-corrected chi connectivity index (χ4v) is 3.18. The Bertz CT molecular complexity index is 702. The summed E-state index contributed by atoms with van der Waals surface area (Å²) in [4.78, 5) is 19.8. The van der Waals surface area contributed by atoms with Crippen molar-refractivity contribution in [1.29, 1.82) is 0 Å². The quantitative estimate of drug-likeness (QED) is 0.806. The molecule has 112 valence electrons. The highest BCUT2D eigenvalue weighted by Gasteiger charge is 2.22. The average Bonchev–Trinajstić information content (AvgIpc) is 2.41. The molecule has 0 aliphatic heterocycles. The van der Waals surface area contributed by atoms with Gasteiger partial charge >= 0.3 is 0 Å². The normalized spacial score (nSPS) is 11.7. The summed E-state index contributed by atoms with van der Waals surface area (Å²) in [7, 11) is 1.65. The van der Waals surface area contributed by atoms with Crippen LogP contribution in [0, 0.1) is 3.57 Å². The van der Waals surface area contributed by atoms with Gasteiger partial charge in [0.05, 0.1) is 12.3 Å². The molecule has 0 bridgehead atoms. The molecule has 1 N–H and O–H groups in total. The maximum Gasteiger partial charge on any atom is 0.264 e. The number of benzene rings is 1. The number of H-pyrrole nitrogens is 1. The summed E-state index contributed by atoms with van der Waals surface area (Å²) in [6.07, 6.45) is 0. The molecule has 1 heterocycles. The van der Waals surface area contributed by atoms with Gasteiger partial charge in [0.1, 0.15) is 9.39 Å². The Hall–Kier alpha value is -1.21. The molecule has 21 heavy (non-hydrogen) atoms. The van der Waals surface area contributed by atoms with Crippen LogP contribution in [0.1, 0.15) is 32.0 Å². The van der Waals surface area contributed by atoms with Gasteiger partial charge in [-0.05, 0) is 28.2 Å². The number of nitrogens with zero attached hydrogens (tertiary/aromatic N) is 1. The number of methoxy groups -OCH3 is 1. The average molecular weight is 398 g/mol. The Morgan fingerprint density at radius 1 is 1.29 bits per heavy atom. The number of rotatable bonds is 3. The number of aromatic nitrogens is 2. The SMILES string of the molecule is COCc1ccccc1-c1nc(C(C)(C)C)c(I)c(=O)[nH]1. The van der Waals surface area contributed by atoms with Crippen LogP contribution in [0.4, 0.5) is 0 Å². The molecule has 0 fully saturated rings. The predicted octanol–water partition coefficient (Wildman–Crippen LogP) is 3.49. The lowest BCUT2D eigenvalue weighted by molar-refractivity contribution is 0.185. The van der Waals surface area contributed by atoms with E-state index < -0.39 is 0 Å². The molecule has 5 heteroatoms. The standard InChI is InChI=1S/C16H19IN2O2/c1-16(2,3)13-12(17)15(20)19-14(18-13)11-8-6-5-7-10(11)9-21-4/h5-8H,9H2,1-4H3,(H,18,19,20). The molecule has 0 aliphatic carbocycles. The summed E-state index contributed by atoms with van der Waals surface area (Å²) in [6.45, 7) is 6.65. The third-order valence-electron chi connectivity index (χ3n) is 3.15. The van der Waals surface area contributed by atoms with Crippen molar-refractivity contribution in [2.45, 2.75) is 32.8 Å². The second kappa shape index (κ2) is 6.27. The monoisotopic (exact) mass is 398 g/mol. The summed E-state index contributed by atoms with van der Waals surface area (Å²) >= 11 is 2.06. The van der Waals surface area contributed by atoms with Gasteiger partial charge in [0.15, 0.2) is 0 Å². The first kappa shape index (κ1) is 16.2. The summed E-state index contributed by atoms with van der Waals surface area (Å²) in [5.74, 6) is 0.595. The molecule has 0 spiro atoms. The lowest BCUT2D eigenvalue weighted by Gasteiger charge is -2.20. The third-order valence-corrected chi connectivity index (χ3v) is 4.15. The van der Waals surface area contributed by atoms with Gasteiger partial charge in [-0.3, -0.25) is 4.79 Å². The molecular formula is C16H19IN2O2. The molecule has 0 amide bonds. The minimum absolute atomic E-state index is 0.0993. The fraction of sp³-hybridized carbons (Fsp3) is 0.375. The lowest BCUT2D eigenvalue weighted by atomic mass is 9.92. The maximum atomic E-state index is 12.2. The van der Waals surface area contributed by atoms with Crippen molar-refractivity contribution < 1.29 is 4.74 Å². The highest BCUT2D eigenvalue weighted by Crippen LogP contribution is 2.26. The third kappa shape index (κ3) is 3.52. The van der Waals surface area contributed by atoms with Gasteiger partial charge in [0.2, 0.25) is 0 Å². The maximum absolute atomic E-state index is 12.2. The highest BCUT2D eigenvalue weighted by atomic mass is 127. The van der Waals surface area contributed by atoms with Crippen LogP contribution in [0.2, 0.25) is 0 Å². The second-order valence-corrected chi connectivity index (χ2v) is 7.00. The van der Waals surface area contributed by atoms with Crippen LogP contribution in [0.15, 0.2) is 29.1 Å². The Morgan fingerprint density at radius 3 is 2.57 bits per heavy atom. The molecule has 0 radical (unpaired) electrons. The summed E-state index contributed by atoms with van der Waals surface area (Å²) < 4.78 is 5.87. The Morgan fingerprint density at radius 2 is 1.95 bits per heavy atom. The van der Waals surface area contributed by atoms with Crippen LogP contribution in [-0.4, -0.2) is 17.1 Å². The molecule has 2 rings (SSSR count). The van der Waals surface area contributed by atoms with E-state index >= 15 is 0 Å². The van der Waals surface area contributed by atoms with Crippen molar-refractivity contribution in [2.24, 2.45) is 0 Å². The van der Waals surface area contributed by atoms with E-state index in [9.17, 15) is 4.79 Å². The summed E-state index contributed by atoms with van der Waals surface area (Å²) in [5, 5.41) is 0. The second-order valence-electron chi connectivity index (χ2n) is 5.92. The van der Waals surface area contributed by atoms with E-state index in [2.05, 4.69) is 48.3 Å². The molecule has 1 aromatic heterocycles. The molecule has 0 saturated heterocycles. The topological polar surface area (TPSA) is 55.0 Å². The molecule has 0 unspecified atom stereocenters. The van der Waals surface area contributed by atoms with Gasteiger partial charge in [-0.1, -0.05) is 45.0 Å². The Kier molecular flexibility index (Phi) is 4.83. The van der Waals surface area contributed by atoms with Gasteiger partial charge in [-0.15, -0.1) is 0 Å². The van der Waals surface area contributed by atoms with Gasteiger partial charge in [0, 0.05) is 18.1 Å². The Balaban J connectivity index is 2.66. The van der Waals surface area contributed by atoms with E-state index in [0.29, 0.717) is 16.0 Å². The van der Waals surface area contributed by atoms with E-state index in [1.165, 1.54) is 0 Å². The smallest absolute Gasteiger partial charge is 0.264 e.